The molecular weight excluding hydrogens is 474 g/mol. The summed E-state index contributed by atoms with van der Waals surface area (Å²) in [6, 6.07) is 20.1. The van der Waals surface area contributed by atoms with Gasteiger partial charge in [-0.1, -0.05) is 49.4 Å². The van der Waals surface area contributed by atoms with Gasteiger partial charge in [0.15, 0.2) is 15.6 Å². The Hall–Kier alpha value is -3.78. The zero-order valence-corrected chi connectivity index (χ0v) is 20.8. The molecule has 0 spiro atoms. The van der Waals surface area contributed by atoms with E-state index < -0.39 is 9.84 Å². The van der Waals surface area contributed by atoms with Gasteiger partial charge < -0.3 is 10.3 Å². The summed E-state index contributed by atoms with van der Waals surface area (Å²) < 4.78 is 23.6. The lowest BCUT2D eigenvalue weighted by Crippen LogP contribution is -2.25. The maximum Gasteiger partial charge on any atom is 0.251 e. The van der Waals surface area contributed by atoms with E-state index >= 15 is 0 Å². The Labute approximate surface area is 209 Å². The highest BCUT2D eigenvalue weighted by molar-refractivity contribution is 7.90. The summed E-state index contributed by atoms with van der Waals surface area (Å²) in [5, 5.41) is 2.98. The summed E-state index contributed by atoms with van der Waals surface area (Å²) in [6.07, 6.45) is 2.32. The van der Waals surface area contributed by atoms with Crippen molar-refractivity contribution in [3.8, 4) is 11.4 Å². The summed E-state index contributed by atoms with van der Waals surface area (Å²) in [7, 11) is -3.11. The summed E-state index contributed by atoms with van der Waals surface area (Å²) >= 11 is 0. The first kappa shape index (κ1) is 23.9. The van der Waals surface area contributed by atoms with Crippen molar-refractivity contribution >= 4 is 32.6 Å². The molecule has 1 amide bonds. The molecule has 1 aromatic heterocycles. The van der Waals surface area contributed by atoms with Crippen molar-refractivity contribution in [1.82, 2.24) is 15.3 Å². The predicted molar refractivity (Wildman–Crippen MR) is 140 cm³/mol. The average Bonchev–Trinajstić information content (AvgIpc) is 3.59. The van der Waals surface area contributed by atoms with Gasteiger partial charge in [0.2, 0.25) is 0 Å². The number of hydrogen-bond donors (Lipinski definition) is 2. The standard InChI is InChI=1S/C28H27N3O4S/c1-2-36(34,35)17-18-3-6-20(7-4-18)26(32)16-19-5-14-24-25(15-19)31-27(30-24)21-8-10-22(11-9-21)28(33)29-23-12-13-23/h3-11,14-15,23H,2,12-13,16-17H2,1H3,(H,29,33)(H,30,31). The van der Waals surface area contributed by atoms with Gasteiger partial charge in [-0.05, 0) is 48.2 Å². The van der Waals surface area contributed by atoms with Gasteiger partial charge in [-0.2, -0.15) is 0 Å². The second-order valence-electron chi connectivity index (χ2n) is 9.24. The lowest BCUT2D eigenvalue weighted by molar-refractivity contribution is 0.0949. The number of nitrogens with zero attached hydrogens (tertiary/aromatic N) is 1. The van der Waals surface area contributed by atoms with E-state index in [1.807, 2.05) is 30.3 Å². The van der Waals surface area contributed by atoms with Gasteiger partial charge in [-0.15, -0.1) is 0 Å². The van der Waals surface area contributed by atoms with Crippen LogP contribution >= 0.6 is 0 Å². The first-order chi connectivity index (χ1) is 17.3. The van der Waals surface area contributed by atoms with Crippen molar-refractivity contribution in [2.75, 3.05) is 5.75 Å². The third-order valence-corrected chi connectivity index (χ3v) is 8.00. The first-order valence-corrected chi connectivity index (χ1v) is 13.8. The van der Waals surface area contributed by atoms with Gasteiger partial charge in [0, 0.05) is 34.9 Å². The number of aromatic amines is 1. The second kappa shape index (κ2) is 9.70. The minimum absolute atomic E-state index is 0.0207. The van der Waals surface area contributed by atoms with Gasteiger partial charge in [-0.25, -0.2) is 13.4 Å². The molecule has 8 heteroatoms. The van der Waals surface area contributed by atoms with Crippen LogP contribution in [0.25, 0.3) is 22.4 Å². The molecule has 0 atom stereocenters. The number of carbonyl (C=O) groups excluding carboxylic acids is 2. The molecule has 3 aromatic carbocycles. The molecule has 1 saturated carbocycles. The van der Waals surface area contributed by atoms with Crippen LogP contribution in [0.1, 0.15) is 51.6 Å². The average molecular weight is 502 g/mol. The van der Waals surface area contributed by atoms with Crippen LogP contribution < -0.4 is 5.32 Å². The Kier molecular flexibility index (Phi) is 6.45. The molecule has 36 heavy (non-hydrogen) atoms. The molecule has 1 fully saturated rings. The van der Waals surface area contributed by atoms with Crippen LogP contribution in [-0.4, -0.2) is 41.9 Å². The molecule has 1 aliphatic rings. The zero-order chi connectivity index (χ0) is 25.3. The zero-order valence-electron chi connectivity index (χ0n) is 20.0. The third-order valence-electron chi connectivity index (χ3n) is 6.35. The van der Waals surface area contributed by atoms with Crippen LogP contribution in [0.4, 0.5) is 0 Å². The van der Waals surface area contributed by atoms with Gasteiger partial charge in [0.25, 0.3) is 5.91 Å². The molecule has 1 heterocycles. The summed E-state index contributed by atoms with van der Waals surface area (Å²) in [4.78, 5) is 33.0. The van der Waals surface area contributed by atoms with E-state index in [0.717, 1.165) is 35.0 Å². The highest BCUT2D eigenvalue weighted by Crippen LogP contribution is 2.23. The quantitative estimate of drug-likeness (QED) is 0.329. The van der Waals surface area contributed by atoms with Crippen LogP contribution in [0.3, 0.4) is 0 Å². The minimum atomic E-state index is -3.11. The Morgan fingerprint density at radius 1 is 0.944 bits per heavy atom. The van der Waals surface area contributed by atoms with Crippen molar-refractivity contribution in [3.05, 3.63) is 89.0 Å². The fraction of sp³-hybridized carbons (Fsp3) is 0.250. The lowest BCUT2D eigenvalue weighted by Gasteiger charge is -2.05. The van der Waals surface area contributed by atoms with E-state index in [4.69, 9.17) is 0 Å². The van der Waals surface area contributed by atoms with E-state index in [-0.39, 0.29) is 29.6 Å². The molecule has 0 bridgehead atoms. The smallest absolute Gasteiger partial charge is 0.251 e. The Bertz CT molecular complexity index is 1530. The van der Waals surface area contributed by atoms with E-state index in [1.54, 1.807) is 43.3 Å². The number of ketones is 1. The topological polar surface area (TPSA) is 109 Å². The number of rotatable bonds is 9. The van der Waals surface area contributed by atoms with Crippen molar-refractivity contribution in [3.63, 3.8) is 0 Å². The predicted octanol–water partition coefficient (Wildman–Crippen LogP) is 4.48. The number of hydrogen-bond acceptors (Lipinski definition) is 5. The number of fused-ring (bicyclic) bond motifs is 1. The number of H-pyrrole nitrogens is 1. The number of aromatic nitrogens is 2. The van der Waals surface area contributed by atoms with Gasteiger partial charge in [-0.3, -0.25) is 9.59 Å². The van der Waals surface area contributed by atoms with Crippen molar-refractivity contribution < 1.29 is 18.0 Å². The molecule has 184 valence electrons. The second-order valence-corrected chi connectivity index (χ2v) is 11.6. The number of imidazole rings is 1. The van der Waals surface area contributed by atoms with Gasteiger partial charge in [0.05, 0.1) is 16.8 Å². The summed E-state index contributed by atoms with van der Waals surface area (Å²) in [6.45, 7) is 1.62. The fourth-order valence-electron chi connectivity index (χ4n) is 4.01. The monoisotopic (exact) mass is 501 g/mol. The highest BCUT2D eigenvalue weighted by Gasteiger charge is 2.23. The Morgan fingerprint density at radius 3 is 2.28 bits per heavy atom. The number of sulfone groups is 1. The molecule has 5 rings (SSSR count). The minimum Gasteiger partial charge on any atom is -0.349 e. The fourth-order valence-corrected chi connectivity index (χ4v) is 4.91. The molecule has 7 nitrogen and oxygen atoms in total. The largest absolute Gasteiger partial charge is 0.349 e. The number of Topliss-reactive ketones (excluding diaryl/α,β-unsaturated/α-hetero) is 1. The summed E-state index contributed by atoms with van der Waals surface area (Å²) in [5.74, 6) is 0.671. The number of carbonyl (C=O) groups is 2. The molecule has 0 aliphatic heterocycles. The molecule has 2 N–H and O–H groups in total. The van der Waals surface area contributed by atoms with Crippen LogP contribution in [0.5, 0.6) is 0 Å². The van der Waals surface area contributed by atoms with Crippen LogP contribution in [0.15, 0.2) is 66.7 Å². The Morgan fingerprint density at radius 2 is 1.61 bits per heavy atom. The molecule has 4 aromatic rings. The van der Waals surface area contributed by atoms with Gasteiger partial charge in [0.1, 0.15) is 5.82 Å². The Balaban J connectivity index is 1.27. The van der Waals surface area contributed by atoms with Crippen molar-refractivity contribution in [1.29, 1.82) is 0 Å². The maximum atomic E-state index is 12.8. The molecule has 1 aliphatic carbocycles. The normalized spacial score (nSPS) is 13.6. The van der Waals surface area contributed by atoms with Crippen LogP contribution in [0, 0.1) is 0 Å². The van der Waals surface area contributed by atoms with E-state index in [2.05, 4.69) is 15.3 Å². The maximum absolute atomic E-state index is 12.8. The number of benzene rings is 3. The third kappa shape index (κ3) is 5.54. The molecule has 0 saturated heterocycles. The van der Waals surface area contributed by atoms with E-state index in [1.165, 1.54) is 0 Å². The van der Waals surface area contributed by atoms with Gasteiger partial charge >= 0.3 is 0 Å². The number of amides is 1. The van der Waals surface area contributed by atoms with Crippen molar-refractivity contribution in [2.45, 2.75) is 38.0 Å². The van der Waals surface area contributed by atoms with Crippen molar-refractivity contribution in [2.24, 2.45) is 0 Å². The lowest BCUT2D eigenvalue weighted by atomic mass is 10.0. The molecular formula is C28H27N3O4S. The van der Waals surface area contributed by atoms with E-state index in [0.29, 0.717) is 28.6 Å². The number of nitrogens with one attached hydrogen (secondary N) is 2. The van der Waals surface area contributed by atoms with E-state index in [9.17, 15) is 18.0 Å². The molecule has 0 radical (unpaired) electrons. The summed E-state index contributed by atoms with van der Waals surface area (Å²) in [5.41, 5.74) is 5.19. The molecule has 0 unspecified atom stereocenters. The highest BCUT2D eigenvalue weighted by atomic mass is 32.2. The first-order valence-electron chi connectivity index (χ1n) is 12.0. The van der Waals surface area contributed by atoms with Crippen LogP contribution in [-0.2, 0) is 22.0 Å². The SMILES string of the molecule is CCS(=O)(=O)Cc1ccc(C(=O)Cc2ccc3nc(-c4ccc(C(=O)NC5CC5)cc4)[nH]c3c2)cc1. The van der Waals surface area contributed by atoms with Crippen LogP contribution in [0.2, 0.25) is 0 Å².